The Bertz CT molecular complexity index is 1380. The number of rotatable bonds is 10. The van der Waals surface area contributed by atoms with Crippen molar-refractivity contribution in [3.05, 3.63) is 90.0 Å². The van der Waals surface area contributed by atoms with Gasteiger partial charge in [-0.15, -0.1) is 0 Å². The molecule has 3 N–H and O–H groups in total. The number of nitrogens with zero attached hydrogens (tertiary/aromatic N) is 2. The number of primary amides is 1. The molecule has 0 saturated heterocycles. The number of nitrogens with one attached hydrogen (secondary N) is 1. The highest BCUT2D eigenvalue weighted by molar-refractivity contribution is 7.92. The third-order valence-corrected chi connectivity index (χ3v) is 6.53. The fraction of sp³-hybridized carbons (Fsp3) is 0.125. The van der Waals surface area contributed by atoms with E-state index in [1.54, 1.807) is 18.2 Å². The molecule has 0 unspecified atom stereocenters. The van der Waals surface area contributed by atoms with Gasteiger partial charge in [-0.05, 0) is 60.2 Å². The minimum atomic E-state index is -4.72. The van der Waals surface area contributed by atoms with Crippen molar-refractivity contribution in [2.75, 3.05) is 17.5 Å². The molecule has 0 fully saturated rings. The van der Waals surface area contributed by atoms with E-state index in [1.165, 1.54) is 42.6 Å². The van der Waals surface area contributed by atoms with Crippen LogP contribution in [-0.2, 0) is 25.8 Å². The molecule has 0 atom stereocenters. The Morgan fingerprint density at radius 3 is 2.30 bits per heavy atom. The number of anilines is 1. The number of halogens is 3. The summed E-state index contributed by atoms with van der Waals surface area (Å²) in [7, 11) is -4.40. The molecule has 3 rings (SSSR count). The lowest BCUT2D eigenvalue weighted by atomic mass is 10.2. The minimum absolute atomic E-state index is 0.206. The van der Waals surface area contributed by atoms with Gasteiger partial charge in [0.05, 0.1) is 22.4 Å². The molecule has 0 radical (unpaired) electrons. The fourth-order valence-electron chi connectivity index (χ4n) is 3.02. The molecule has 0 spiro atoms. The number of ether oxygens (including phenoxy) is 1. The number of hydrogen-bond acceptors (Lipinski definition) is 6. The van der Waals surface area contributed by atoms with E-state index < -0.39 is 40.1 Å². The number of amides is 2. The first kappa shape index (κ1) is 27.2. The largest absolute Gasteiger partial charge is 0.484 e. The Morgan fingerprint density at radius 1 is 1.00 bits per heavy atom. The lowest BCUT2D eigenvalue weighted by Crippen LogP contribution is -2.39. The quantitative estimate of drug-likeness (QED) is 0.305. The number of carbonyl (C=O) groups excluding carboxylic acids is 2. The Labute approximate surface area is 210 Å². The molecule has 3 aromatic carbocycles. The number of nitrogens with two attached hydrogens (primary N) is 1. The van der Waals surface area contributed by atoms with Gasteiger partial charge in [-0.2, -0.15) is 18.3 Å². The van der Waals surface area contributed by atoms with Crippen LogP contribution in [0.5, 0.6) is 5.75 Å². The van der Waals surface area contributed by atoms with Crippen molar-refractivity contribution in [2.45, 2.75) is 11.1 Å². The highest BCUT2D eigenvalue weighted by Gasteiger charge is 2.33. The SMILES string of the molecule is NC(=O)COc1ccc(/C=N\NC(=O)CN(c2cccc(C(F)(F)F)c2)S(=O)(=O)c2ccccc2)cc1. The van der Waals surface area contributed by atoms with Crippen LogP contribution in [0.3, 0.4) is 0 Å². The molecular formula is C24H21F3N4O5S. The zero-order chi connectivity index (χ0) is 27.1. The number of hydrogen-bond donors (Lipinski definition) is 2. The lowest BCUT2D eigenvalue weighted by Gasteiger charge is -2.24. The first-order valence-electron chi connectivity index (χ1n) is 10.5. The predicted molar refractivity (Wildman–Crippen MR) is 129 cm³/mol. The number of benzene rings is 3. The molecule has 0 aromatic heterocycles. The summed E-state index contributed by atoms with van der Waals surface area (Å²) in [6.45, 7) is -1.13. The van der Waals surface area contributed by atoms with Crippen LogP contribution in [0.25, 0.3) is 0 Å². The summed E-state index contributed by atoms with van der Waals surface area (Å²) in [6, 6.07) is 16.9. The molecule has 0 aliphatic rings. The fourth-order valence-corrected chi connectivity index (χ4v) is 4.46. The van der Waals surface area contributed by atoms with Crippen molar-refractivity contribution in [2.24, 2.45) is 10.8 Å². The lowest BCUT2D eigenvalue weighted by molar-refractivity contribution is -0.137. The third kappa shape index (κ3) is 7.54. The number of hydrazone groups is 1. The first-order valence-corrected chi connectivity index (χ1v) is 12.0. The van der Waals surface area contributed by atoms with E-state index in [9.17, 15) is 31.2 Å². The molecule has 9 nitrogen and oxygen atoms in total. The average Bonchev–Trinajstić information content (AvgIpc) is 2.87. The summed E-state index contributed by atoms with van der Waals surface area (Å²) in [5.74, 6) is -1.15. The number of sulfonamides is 1. The summed E-state index contributed by atoms with van der Waals surface area (Å²) in [4.78, 5) is 23.1. The summed E-state index contributed by atoms with van der Waals surface area (Å²) in [5.41, 5.74) is 6.28. The molecule has 0 bridgehead atoms. The molecule has 0 saturated carbocycles. The van der Waals surface area contributed by atoms with Crippen LogP contribution in [0, 0.1) is 0 Å². The Balaban J connectivity index is 1.79. The smallest absolute Gasteiger partial charge is 0.416 e. The van der Waals surface area contributed by atoms with Crippen LogP contribution in [0.4, 0.5) is 18.9 Å². The van der Waals surface area contributed by atoms with Crippen LogP contribution < -0.4 is 20.2 Å². The van der Waals surface area contributed by atoms with E-state index in [2.05, 4.69) is 10.5 Å². The molecule has 0 aliphatic heterocycles. The van der Waals surface area contributed by atoms with Crippen molar-refractivity contribution in [3.63, 3.8) is 0 Å². The van der Waals surface area contributed by atoms with Gasteiger partial charge in [-0.25, -0.2) is 13.8 Å². The molecule has 194 valence electrons. The summed E-state index contributed by atoms with van der Waals surface area (Å²) in [6.07, 6.45) is -3.46. The maximum Gasteiger partial charge on any atom is 0.416 e. The van der Waals surface area contributed by atoms with Crippen LogP contribution in [0.1, 0.15) is 11.1 Å². The summed E-state index contributed by atoms with van der Waals surface area (Å²) in [5, 5.41) is 3.76. The Kier molecular flexibility index (Phi) is 8.50. The summed E-state index contributed by atoms with van der Waals surface area (Å²) >= 11 is 0. The monoisotopic (exact) mass is 534 g/mol. The highest BCUT2D eigenvalue weighted by Crippen LogP contribution is 2.33. The topological polar surface area (TPSA) is 131 Å². The standard InChI is InChI=1S/C24H21F3N4O5S/c25-24(26,27)18-5-4-6-19(13-18)31(37(34,35)21-7-2-1-3-8-21)15-23(33)30-29-14-17-9-11-20(12-10-17)36-16-22(28)32/h1-14H,15-16H2,(H2,28,32)(H,30,33)/b29-14-. The molecule has 0 aliphatic carbocycles. The van der Waals surface area contributed by atoms with Crippen molar-refractivity contribution < 1.29 is 35.9 Å². The maximum atomic E-state index is 13.2. The van der Waals surface area contributed by atoms with E-state index in [0.717, 1.165) is 18.2 Å². The highest BCUT2D eigenvalue weighted by atomic mass is 32.2. The van der Waals surface area contributed by atoms with Crippen LogP contribution in [0.15, 0.2) is 88.9 Å². The predicted octanol–water partition coefficient (Wildman–Crippen LogP) is 2.92. The third-order valence-electron chi connectivity index (χ3n) is 4.74. The molecule has 37 heavy (non-hydrogen) atoms. The second-order valence-corrected chi connectivity index (χ2v) is 9.35. The van der Waals surface area contributed by atoms with E-state index in [4.69, 9.17) is 10.5 Å². The van der Waals surface area contributed by atoms with Crippen LogP contribution >= 0.6 is 0 Å². The average molecular weight is 535 g/mol. The summed E-state index contributed by atoms with van der Waals surface area (Å²) < 4.78 is 71.9. The van der Waals surface area contributed by atoms with E-state index in [-0.39, 0.29) is 17.2 Å². The van der Waals surface area contributed by atoms with Gasteiger partial charge in [0, 0.05) is 0 Å². The number of alkyl halides is 3. The Hall–Kier alpha value is -4.39. The first-order chi connectivity index (χ1) is 17.5. The van der Waals surface area contributed by atoms with Crippen molar-refractivity contribution in [3.8, 4) is 5.75 Å². The van der Waals surface area contributed by atoms with Gasteiger partial charge in [0.2, 0.25) is 0 Å². The Morgan fingerprint density at radius 2 is 1.68 bits per heavy atom. The molecule has 13 heteroatoms. The van der Waals surface area contributed by atoms with Crippen molar-refractivity contribution in [1.82, 2.24) is 5.43 Å². The van der Waals surface area contributed by atoms with E-state index in [1.807, 2.05) is 0 Å². The molecular weight excluding hydrogens is 513 g/mol. The van der Waals surface area contributed by atoms with Gasteiger partial charge in [-0.1, -0.05) is 24.3 Å². The normalized spacial score (nSPS) is 11.8. The van der Waals surface area contributed by atoms with Crippen molar-refractivity contribution in [1.29, 1.82) is 0 Å². The van der Waals surface area contributed by atoms with Gasteiger partial charge < -0.3 is 10.5 Å². The maximum absolute atomic E-state index is 13.2. The van der Waals surface area contributed by atoms with E-state index >= 15 is 0 Å². The molecule has 2 amide bonds. The van der Waals surface area contributed by atoms with Gasteiger partial charge >= 0.3 is 6.18 Å². The molecule has 0 heterocycles. The molecule has 3 aromatic rings. The second-order valence-electron chi connectivity index (χ2n) is 7.49. The van der Waals surface area contributed by atoms with Crippen LogP contribution in [-0.4, -0.2) is 39.6 Å². The number of carbonyl (C=O) groups is 2. The van der Waals surface area contributed by atoms with Crippen LogP contribution in [0.2, 0.25) is 0 Å². The zero-order valence-electron chi connectivity index (χ0n) is 19.1. The second kappa shape index (κ2) is 11.6. The van der Waals surface area contributed by atoms with Gasteiger partial charge in [0.25, 0.3) is 21.8 Å². The van der Waals surface area contributed by atoms with Crippen molar-refractivity contribution >= 4 is 33.7 Å². The van der Waals surface area contributed by atoms with Gasteiger partial charge in [-0.3, -0.25) is 13.9 Å². The van der Waals surface area contributed by atoms with Gasteiger partial charge in [0.15, 0.2) is 6.61 Å². The van der Waals surface area contributed by atoms with E-state index in [0.29, 0.717) is 21.7 Å². The minimum Gasteiger partial charge on any atom is -0.484 e. The zero-order valence-corrected chi connectivity index (χ0v) is 19.9. The van der Waals surface area contributed by atoms with Gasteiger partial charge in [0.1, 0.15) is 12.3 Å².